The van der Waals surface area contributed by atoms with Crippen LogP contribution in [0.5, 0.6) is 0 Å². The number of hydrogen-bond donors (Lipinski definition) is 1. The Morgan fingerprint density at radius 2 is 1.32 bits per heavy atom. The Kier molecular flexibility index (Phi) is 14.5. The highest BCUT2D eigenvalue weighted by Gasteiger charge is 2.63. The van der Waals surface area contributed by atoms with Gasteiger partial charge in [0.1, 0.15) is 6.10 Å². The predicted molar refractivity (Wildman–Crippen MR) is 247 cm³/mol. The van der Waals surface area contributed by atoms with Crippen LogP contribution in [0.25, 0.3) is 0 Å². The van der Waals surface area contributed by atoms with E-state index in [-0.39, 0.29) is 51.0 Å². The summed E-state index contributed by atoms with van der Waals surface area (Å²) < 4.78 is 29.1. The van der Waals surface area contributed by atoms with Crippen molar-refractivity contribution in [2.75, 3.05) is 13.2 Å². The fraction of sp³-hybridized carbons (Fsp3) is 0.917. The van der Waals surface area contributed by atoms with E-state index in [2.05, 4.69) is 148 Å². The Bertz CT molecular complexity index is 1410. The molecule has 1 N–H and O–H groups in total. The van der Waals surface area contributed by atoms with E-state index in [4.69, 9.17) is 18.0 Å². The van der Waals surface area contributed by atoms with Gasteiger partial charge in [0.05, 0.1) is 17.8 Å². The van der Waals surface area contributed by atoms with Crippen LogP contribution < -0.4 is 0 Å². The van der Waals surface area contributed by atoms with Gasteiger partial charge in [-0.3, -0.25) is 0 Å². The van der Waals surface area contributed by atoms with Crippen molar-refractivity contribution in [2.24, 2.45) is 34.5 Å². The molecule has 9 atom stereocenters. The molecule has 4 aliphatic rings. The summed E-state index contributed by atoms with van der Waals surface area (Å²) in [6.45, 7) is 48.7. The molecule has 4 rings (SSSR count). The summed E-state index contributed by atoms with van der Waals surface area (Å²) >= 11 is 0. The number of hydrogen-bond acceptors (Lipinski definition) is 5. The third-order valence-electron chi connectivity index (χ3n) is 17.3. The summed E-state index contributed by atoms with van der Waals surface area (Å²) in [5, 5.41) is 10.3. The SMILES string of the molecule is C[C@H](CCCC(C)(C)O[Si](C)(C)C(C)(C)C)[C@H]1CC[C@H]2C3=CC=C4C[C@@H](O[Si](C)(C)C(C)(C)C)[C@@H](OCCCO)[C@H](O[Si](C)(C)C(C)(C)C)[C@]4(C)[C@H]3CC[C@]12C. The van der Waals surface area contributed by atoms with E-state index in [1.54, 1.807) is 5.57 Å². The maximum atomic E-state index is 9.88. The zero-order valence-electron chi connectivity index (χ0n) is 40.6. The van der Waals surface area contributed by atoms with Gasteiger partial charge < -0.3 is 23.1 Å². The van der Waals surface area contributed by atoms with Crippen LogP contribution in [0.4, 0.5) is 0 Å². The first-order valence-corrected chi connectivity index (χ1v) is 31.7. The topological polar surface area (TPSA) is 57.2 Å². The van der Waals surface area contributed by atoms with Crippen LogP contribution in [0, 0.1) is 34.5 Å². The average Bonchev–Trinajstić information content (AvgIpc) is 3.38. The molecule has 0 saturated heterocycles. The third kappa shape index (κ3) is 9.68. The van der Waals surface area contributed by atoms with Gasteiger partial charge in [0.2, 0.25) is 0 Å². The maximum absolute atomic E-state index is 9.88. The lowest BCUT2D eigenvalue weighted by molar-refractivity contribution is -0.153. The monoisotopic (exact) mass is 833 g/mol. The van der Waals surface area contributed by atoms with Crippen molar-refractivity contribution >= 4 is 25.0 Å². The fourth-order valence-electron chi connectivity index (χ4n) is 10.8. The van der Waals surface area contributed by atoms with Crippen LogP contribution in [0.3, 0.4) is 0 Å². The second kappa shape index (κ2) is 16.7. The highest BCUT2D eigenvalue weighted by atomic mass is 28.4. The van der Waals surface area contributed by atoms with Gasteiger partial charge in [0.15, 0.2) is 25.0 Å². The Balaban J connectivity index is 1.66. The van der Waals surface area contributed by atoms with Gasteiger partial charge in [0, 0.05) is 18.6 Å². The second-order valence-corrected chi connectivity index (χ2v) is 39.0. The lowest BCUT2D eigenvalue weighted by Crippen LogP contribution is -2.65. The van der Waals surface area contributed by atoms with Crippen LogP contribution >= 0.6 is 0 Å². The van der Waals surface area contributed by atoms with Crippen molar-refractivity contribution in [3.8, 4) is 0 Å². The van der Waals surface area contributed by atoms with Crippen molar-refractivity contribution < 1.29 is 23.1 Å². The quantitative estimate of drug-likeness (QED) is 0.132. The minimum atomic E-state index is -2.23. The van der Waals surface area contributed by atoms with Crippen molar-refractivity contribution in [3.63, 3.8) is 0 Å². The van der Waals surface area contributed by atoms with Gasteiger partial charge in [-0.25, -0.2) is 0 Å². The van der Waals surface area contributed by atoms with E-state index in [9.17, 15) is 5.11 Å². The molecule has 5 nitrogen and oxygen atoms in total. The number of aliphatic hydroxyl groups excluding tert-OH is 1. The Morgan fingerprint density at radius 3 is 1.88 bits per heavy atom. The van der Waals surface area contributed by atoms with Crippen LogP contribution in [0.15, 0.2) is 23.3 Å². The summed E-state index contributed by atoms with van der Waals surface area (Å²) in [6.07, 6.45) is 15.1. The van der Waals surface area contributed by atoms with E-state index < -0.39 is 25.0 Å². The van der Waals surface area contributed by atoms with E-state index in [0.717, 1.165) is 18.8 Å². The molecule has 0 aromatic rings. The molecular weight excluding hydrogens is 741 g/mol. The standard InChI is InChI=1S/C48H92O5Si3/c1-34(23-21-29-46(11,12)53-56(19,20)45(8,9)10)37-26-27-38-36-25-24-35-33-40(51-54(15,16)43(2,3)4)41(50-32-22-31-49)42(52-55(17,18)44(5,6)7)48(35,14)39(36)28-30-47(37,38)13/h24-25,34,37-42,49H,21-23,26-33H2,1-20H3/t34-,37-,38+,39+,40-,41-,42+,47-,48+/m1/s1. The number of rotatable bonds is 15. The van der Waals surface area contributed by atoms with Crippen LogP contribution in [0.2, 0.25) is 54.4 Å². The highest BCUT2D eigenvalue weighted by Crippen LogP contribution is 2.67. The number of aliphatic hydroxyl groups is 1. The zero-order chi connectivity index (χ0) is 42.7. The van der Waals surface area contributed by atoms with Gasteiger partial charge in [0.25, 0.3) is 0 Å². The first kappa shape index (κ1) is 48.6. The highest BCUT2D eigenvalue weighted by molar-refractivity contribution is 6.75. The number of ether oxygens (including phenoxy) is 1. The molecule has 0 aromatic heterocycles. The molecule has 3 saturated carbocycles. The van der Waals surface area contributed by atoms with Gasteiger partial charge in [-0.15, -0.1) is 0 Å². The minimum Gasteiger partial charge on any atom is -0.412 e. The summed E-state index contributed by atoms with van der Waals surface area (Å²) in [6, 6.07) is 0. The summed E-state index contributed by atoms with van der Waals surface area (Å²) in [7, 11) is -6.18. The largest absolute Gasteiger partial charge is 0.412 e. The molecule has 0 unspecified atom stereocenters. The molecule has 3 fully saturated rings. The second-order valence-electron chi connectivity index (χ2n) is 24.8. The maximum Gasteiger partial charge on any atom is 0.192 e. The first-order chi connectivity index (χ1) is 25.3. The van der Waals surface area contributed by atoms with Crippen molar-refractivity contribution in [1.82, 2.24) is 0 Å². The lowest BCUT2D eigenvalue weighted by Gasteiger charge is -2.61. The van der Waals surface area contributed by atoms with Crippen LogP contribution in [0.1, 0.15) is 155 Å². The van der Waals surface area contributed by atoms with Crippen molar-refractivity contribution in [1.29, 1.82) is 0 Å². The Morgan fingerprint density at radius 1 is 0.750 bits per heavy atom. The Labute approximate surface area is 350 Å². The molecule has 326 valence electrons. The smallest absolute Gasteiger partial charge is 0.192 e. The minimum absolute atomic E-state index is 0.0650. The van der Waals surface area contributed by atoms with Crippen molar-refractivity contribution in [3.05, 3.63) is 23.3 Å². The molecule has 56 heavy (non-hydrogen) atoms. The van der Waals surface area contributed by atoms with Gasteiger partial charge >= 0.3 is 0 Å². The molecule has 0 amide bonds. The molecule has 0 heterocycles. The third-order valence-corrected chi connectivity index (χ3v) is 30.9. The normalized spacial score (nSPS) is 32.7. The van der Waals surface area contributed by atoms with Crippen molar-refractivity contribution in [2.45, 2.75) is 233 Å². The summed E-state index contributed by atoms with van der Waals surface area (Å²) in [5.41, 5.74) is 3.29. The zero-order valence-corrected chi connectivity index (χ0v) is 43.6. The van der Waals surface area contributed by atoms with Gasteiger partial charge in [-0.05, 0) is 142 Å². The van der Waals surface area contributed by atoms with Crippen LogP contribution in [-0.2, 0) is 18.0 Å². The molecular formula is C48H92O5Si3. The Hall–Kier alpha value is -0.0694. The molecule has 0 aliphatic heterocycles. The van der Waals surface area contributed by atoms with E-state index in [0.29, 0.717) is 36.2 Å². The lowest BCUT2D eigenvalue weighted by atomic mass is 9.49. The van der Waals surface area contributed by atoms with E-state index in [1.165, 1.54) is 44.1 Å². The molecule has 4 aliphatic carbocycles. The average molecular weight is 834 g/mol. The number of allylic oxidation sites excluding steroid dienone is 3. The number of fused-ring (bicyclic) bond motifs is 5. The molecule has 0 bridgehead atoms. The molecule has 8 heteroatoms. The van der Waals surface area contributed by atoms with Gasteiger partial charge in [-0.2, -0.15) is 0 Å². The van der Waals surface area contributed by atoms with E-state index >= 15 is 0 Å². The summed E-state index contributed by atoms with van der Waals surface area (Å²) in [5.74, 6) is 2.51. The summed E-state index contributed by atoms with van der Waals surface area (Å²) in [4.78, 5) is 0. The van der Waals surface area contributed by atoms with Gasteiger partial charge in [-0.1, -0.05) is 119 Å². The molecule has 0 radical (unpaired) electrons. The molecule has 0 spiro atoms. The first-order valence-electron chi connectivity index (χ1n) is 23.0. The molecule has 0 aromatic carbocycles. The fourth-order valence-corrected chi connectivity index (χ4v) is 15.2. The van der Waals surface area contributed by atoms with E-state index in [1.807, 2.05) is 0 Å². The van der Waals surface area contributed by atoms with Crippen LogP contribution in [-0.4, -0.2) is 67.2 Å². The predicted octanol–water partition coefficient (Wildman–Crippen LogP) is 13.9.